The topological polar surface area (TPSA) is 73.6 Å². The molecular formula is C20H14ClN3O3. The zero-order chi connectivity index (χ0) is 19.0. The average molecular weight is 380 g/mol. The van der Waals surface area contributed by atoms with Gasteiger partial charge in [0, 0.05) is 17.1 Å². The lowest BCUT2D eigenvalue weighted by molar-refractivity contribution is 0.0468. The molecule has 0 aliphatic rings. The third kappa shape index (κ3) is 3.39. The van der Waals surface area contributed by atoms with Crippen LogP contribution in [0.4, 0.5) is 0 Å². The largest absolute Gasteiger partial charge is 0.456 e. The molecule has 3 heterocycles. The number of hydrogen-bond acceptors (Lipinski definition) is 5. The van der Waals surface area contributed by atoms with Crippen molar-refractivity contribution < 1.29 is 9.53 Å². The van der Waals surface area contributed by atoms with Crippen molar-refractivity contribution in [2.45, 2.75) is 13.5 Å². The summed E-state index contributed by atoms with van der Waals surface area (Å²) in [7, 11) is 0. The Labute approximate surface area is 159 Å². The third-order valence-electron chi connectivity index (χ3n) is 4.18. The third-order valence-corrected chi connectivity index (χ3v) is 4.39. The van der Waals surface area contributed by atoms with E-state index in [1.165, 1.54) is 10.5 Å². The van der Waals surface area contributed by atoms with Gasteiger partial charge in [-0.25, -0.2) is 14.8 Å². The number of nitrogens with zero attached hydrogens (tertiary/aromatic N) is 3. The number of ether oxygens (including phenoxy) is 1. The maximum atomic E-state index is 12.4. The maximum absolute atomic E-state index is 12.4. The van der Waals surface area contributed by atoms with Crippen molar-refractivity contribution in [1.82, 2.24) is 14.4 Å². The van der Waals surface area contributed by atoms with Crippen molar-refractivity contribution in [2.24, 2.45) is 0 Å². The minimum absolute atomic E-state index is 0.0879. The van der Waals surface area contributed by atoms with E-state index in [-0.39, 0.29) is 12.2 Å². The van der Waals surface area contributed by atoms with Crippen molar-refractivity contribution in [1.29, 1.82) is 0 Å². The van der Waals surface area contributed by atoms with Crippen LogP contribution >= 0.6 is 11.6 Å². The van der Waals surface area contributed by atoms with Crippen LogP contribution in [0.3, 0.4) is 0 Å². The molecule has 0 radical (unpaired) electrons. The van der Waals surface area contributed by atoms with Crippen LogP contribution in [-0.4, -0.2) is 20.3 Å². The lowest BCUT2D eigenvalue weighted by Crippen LogP contribution is -2.18. The Balaban J connectivity index is 1.56. The minimum atomic E-state index is -0.502. The van der Waals surface area contributed by atoms with Crippen LogP contribution in [0.25, 0.3) is 16.6 Å². The highest BCUT2D eigenvalue weighted by atomic mass is 35.5. The summed E-state index contributed by atoms with van der Waals surface area (Å²) in [6, 6.07) is 15.2. The second-order valence-corrected chi connectivity index (χ2v) is 6.45. The van der Waals surface area contributed by atoms with Crippen molar-refractivity contribution in [2.75, 3.05) is 0 Å². The lowest BCUT2D eigenvalue weighted by atomic mass is 10.1. The highest BCUT2D eigenvalue weighted by Gasteiger charge is 2.11. The summed E-state index contributed by atoms with van der Waals surface area (Å²) in [5.74, 6) is -0.502. The molecule has 0 saturated heterocycles. The Morgan fingerprint density at radius 3 is 2.81 bits per heavy atom. The Hall–Kier alpha value is -3.25. The van der Waals surface area contributed by atoms with Gasteiger partial charge in [0.2, 0.25) is 0 Å². The fraction of sp³-hybridized carbons (Fsp3) is 0.100. The first-order valence-corrected chi connectivity index (χ1v) is 8.61. The van der Waals surface area contributed by atoms with Crippen molar-refractivity contribution >= 4 is 34.1 Å². The number of rotatable bonds is 3. The fourth-order valence-corrected chi connectivity index (χ4v) is 3.04. The molecule has 3 aromatic heterocycles. The number of halogens is 1. The van der Waals surface area contributed by atoms with Crippen LogP contribution in [-0.2, 0) is 11.3 Å². The monoisotopic (exact) mass is 379 g/mol. The van der Waals surface area contributed by atoms with Crippen molar-refractivity contribution in [3.63, 3.8) is 0 Å². The summed E-state index contributed by atoms with van der Waals surface area (Å²) < 4.78 is 6.83. The zero-order valence-electron chi connectivity index (χ0n) is 14.3. The number of fused-ring (bicyclic) bond motifs is 2. The summed E-state index contributed by atoms with van der Waals surface area (Å²) in [6.07, 6.45) is 0. The number of esters is 1. The molecule has 4 aromatic rings. The zero-order valence-corrected chi connectivity index (χ0v) is 15.1. The summed E-state index contributed by atoms with van der Waals surface area (Å²) in [4.78, 5) is 33.2. The molecule has 0 bridgehead atoms. The predicted octanol–water partition coefficient (Wildman–Crippen LogP) is 3.56. The van der Waals surface area contributed by atoms with Gasteiger partial charge in [0.15, 0.2) is 0 Å². The van der Waals surface area contributed by atoms with Crippen molar-refractivity contribution in [3.8, 4) is 0 Å². The molecule has 0 fully saturated rings. The lowest BCUT2D eigenvalue weighted by Gasteiger charge is -2.08. The molecule has 27 heavy (non-hydrogen) atoms. The molecule has 0 saturated carbocycles. The predicted molar refractivity (Wildman–Crippen MR) is 102 cm³/mol. The van der Waals surface area contributed by atoms with Gasteiger partial charge in [-0.15, -0.1) is 0 Å². The molecule has 0 amide bonds. The first-order valence-electron chi connectivity index (χ1n) is 8.23. The fourth-order valence-electron chi connectivity index (χ4n) is 2.89. The highest BCUT2D eigenvalue weighted by Crippen LogP contribution is 2.18. The van der Waals surface area contributed by atoms with Crippen LogP contribution in [0.15, 0.2) is 59.4 Å². The SMILES string of the molecule is Cc1cccc2nc(COC(=O)c3ccc4nc(Cl)ccc4c3)cc(=O)n12. The quantitative estimate of drug-likeness (QED) is 0.402. The number of hydrogen-bond donors (Lipinski definition) is 0. The molecule has 0 spiro atoms. The van der Waals surface area contributed by atoms with E-state index in [0.717, 1.165) is 11.1 Å². The van der Waals surface area contributed by atoms with E-state index in [4.69, 9.17) is 16.3 Å². The number of pyridine rings is 2. The van der Waals surface area contributed by atoms with E-state index < -0.39 is 5.97 Å². The minimum Gasteiger partial charge on any atom is -0.456 e. The number of aryl methyl sites for hydroxylation is 1. The second-order valence-electron chi connectivity index (χ2n) is 6.06. The molecule has 0 aliphatic carbocycles. The van der Waals surface area contributed by atoms with E-state index in [2.05, 4.69) is 9.97 Å². The van der Waals surface area contributed by atoms with Gasteiger partial charge in [-0.3, -0.25) is 9.20 Å². The van der Waals surface area contributed by atoms with Gasteiger partial charge >= 0.3 is 5.97 Å². The number of carbonyl (C=O) groups excluding carboxylic acids is 1. The van der Waals surface area contributed by atoms with E-state index in [0.29, 0.717) is 27.6 Å². The number of carbonyl (C=O) groups is 1. The molecule has 0 atom stereocenters. The highest BCUT2D eigenvalue weighted by molar-refractivity contribution is 6.29. The molecule has 4 rings (SSSR count). The summed E-state index contributed by atoms with van der Waals surface area (Å²) in [6.45, 7) is 1.74. The first kappa shape index (κ1) is 17.2. The molecule has 7 heteroatoms. The van der Waals surface area contributed by atoms with Crippen LogP contribution in [0.1, 0.15) is 21.7 Å². The average Bonchev–Trinajstić information content (AvgIpc) is 2.65. The van der Waals surface area contributed by atoms with Crippen LogP contribution in [0.2, 0.25) is 5.15 Å². The summed E-state index contributed by atoms with van der Waals surface area (Å²) in [5, 5.41) is 1.17. The Bertz CT molecular complexity index is 1250. The van der Waals surface area contributed by atoms with Crippen molar-refractivity contribution in [3.05, 3.63) is 87.1 Å². The standard InChI is InChI=1S/C20H14ClN3O3/c1-12-3-2-4-18-22-15(10-19(25)24(12)18)11-27-20(26)14-5-7-16-13(9-14)6-8-17(21)23-16/h2-10H,11H2,1H3. The second kappa shape index (κ2) is 6.81. The smallest absolute Gasteiger partial charge is 0.338 e. The summed E-state index contributed by atoms with van der Waals surface area (Å²) in [5.41, 5.74) is 2.57. The normalized spacial score (nSPS) is 11.0. The van der Waals surface area contributed by atoms with Crippen LogP contribution in [0, 0.1) is 6.92 Å². The molecule has 0 unspecified atom stereocenters. The molecule has 134 valence electrons. The van der Waals surface area contributed by atoms with E-state index in [1.54, 1.807) is 36.4 Å². The Kier molecular flexibility index (Phi) is 4.33. The van der Waals surface area contributed by atoms with Gasteiger partial charge < -0.3 is 4.74 Å². The van der Waals surface area contributed by atoms with E-state index in [1.807, 2.05) is 19.1 Å². The molecule has 1 aromatic carbocycles. The van der Waals surface area contributed by atoms with Gasteiger partial charge in [-0.2, -0.15) is 0 Å². The van der Waals surface area contributed by atoms with Gasteiger partial charge in [-0.05, 0) is 49.4 Å². The number of benzene rings is 1. The molecule has 0 N–H and O–H groups in total. The Morgan fingerprint density at radius 2 is 1.96 bits per heavy atom. The van der Waals surface area contributed by atoms with Gasteiger partial charge in [0.05, 0.1) is 16.8 Å². The number of aromatic nitrogens is 3. The molecular weight excluding hydrogens is 366 g/mol. The van der Waals surface area contributed by atoms with Gasteiger partial charge in [0.25, 0.3) is 5.56 Å². The maximum Gasteiger partial charge on any atom is 0.338 e. The van der Waals surface area contributed by atoms with E-state index >= 15 is 0 Å². The van der Waals surface area contributed by atoms with E-state index in [9.17, 15) is 9.59 Å². The molecule has 6 nitrogen and oxygen atoms in total. The first-order chi connectivity index (χ1) is 13.0. The Morgan fingerprint density at radius 1 is 1.11 bits per heavy atom. The molecule has 0 aliphatic heterocycles. The summed E-state index contributed by atoms with van der Waals surface area (Å²) >= 11 is 5.87. The van der Waals surface area contributed by atoms with Crippen LogP contribution in [0.5, 0.6) is 0 Å². The van der Waals surface area contributed by atoms with Gasteiger partial charge in [-0.1, -0.05) is 17.7 Å². The van der Waals surface area contributed by atoms with Crippen LogP contribution < -0.4 is 5.56 Å². The van der Waals surface area contributed by atoms with Gasteiger partial charge in [0.1, 0.15) is 17.4 Å².